The number of hydrogen-bond acceptors (Lipinski definition) is 3. The van der Waals surface area contributed by atoms with Crippen molar-refractivity contribution in [3.05, 3.63) is 58.6 Å². The lowest BCUT2D eigenvalue weighted by molar-refractivity contribution is 0.0953. The summed E-state index contributed by atoms with van der Waals surface area (Å²) in [5.74, 6) is 0.492. The van der Waals surface area contributed by atoms with Gasteiger partial charge in [-0.1, -0.05) is 23.7 Å². The van der Waals surface area contributed by atoms with Crippen LogP contribution in [0.25, 0.3) is 0 Å². The molecule has 1 aromatic heterocycles. The van der Waals surface area contributed by atoms with Crippen LogP contribution in [0.3, 0.4) is 0 Å². The molecule has 0 aliphatic rings. The monoisotopic (exact) mass is 275 g/mol. The van der Waals surface area contributed by atoms with Crippen LogP contribution in [-0.2, 0) is 6.42 Å². The average Bonchev–Trinajstić information content (AvgIpc) is 2.41. The molecule has 1 heterocycles. The number of nitrogens with one attached hydrogen (secondary N) is 1. The van der Waals surface area contributed by atoms with E-state index in [1.54, 1.807) is 6.92 Å². The second-order valence-corrected chi connectivity index (χ2v) is 4.59. The van der Waals surface area contributed by atoms with E-state index in [-0.39, 0.29) is 5.91 Å². The van der Waals surface area contributed by atoms with Crippen molar-refractivity contribution in [3.63, 3.8) is 0 Å². The van der Waals surface area contributed by atoms with Gasteiger partial charge in [-0.25, -0.2) is 9.97 Å². The molecule has 0 atom stereocenters. The fourth-order valence-electron chi connectivity index (χ4n) is 1.58. The first-order chi connectivity index (χ1) is 9.15. The maximum Gasteiger partial charge on any atom is 0.254 e. The molecule has 0 aliphatic heterocycles. The van der Waals surface area contributed by atoms with Gasteiger partial charge in [-0.15, -0.1) is 0 Å². The molecule has 0 spiro atoms. The highest BCUT2D eigenvalue weighted by atomic mass is 35.5. The number of nitrogens with zero attached hydrogens (tertiary/aromatic N) is 2. The minimum Gasteiger partial charge on any atom is -0.352 e. The second kappa shape index (κ2) is 6.29. The van der Waals surface area contributed by atoms with Crippen molar-refractivity contribution < 1.29 is 4.79 Å². The van der Waals surface area contributed by atoms with E-state index in [4.69, 9.17) is 11.6 Å². The van der Waals surface area contributed by atoms with Gasteiger partial charge in [-0.05, 0) is 31.0 Å². The highest BCUT2D eigenvalue weighted by Crippen LogP contribution is 2.09. The van der Waals surface area contributed by atoms with Crippen LogP contribution in [0.1, 0.15) is 21.7 Å². The second-order valence-electron chi connectivity index (χ2n) is 4.15. The molecule has 2 aromatic rings. The molecular formula is C14H14ClN3O. The van der Waals surface area contributed by atoms with Gasteiger partial charge < -0.3 is 5.32 Å². The first-order valence-electron chi connectivity index (χ1n) is 5.96. The zero-order chi connectivity index (χ0) is 13.7. The molecule has 0 unspecified atom stereocenters. The summed E-state index contributed by atoms with van der Waals surface area (Å²) in [6.07, 6.45) is 3.82. The van der Waals surface area contributed by atoms with Gasteiger partial charge >= 0.3 is 0 Å². The van der Waals surface area contributed by atoms with Gasteiger partial charge in [0.1, 0.15) is 5.82 Å². The van der Waals surface area contributed by atoms with Gasteiger partial charge in [0.05, 0.1) is 5.56 Å². The number of rotatable bonds is 4. The normalized spacial score (nSPS) is 10.2. The van der Waals surface area contributed by atoms with Crippen LogP contribution in [0.15, 0.2) is 36.7 Å². The summed E-state index contributed by atoms with van der Waals surface area (Å²) in [4.78, 5) is 19.8. The Morgan fingerprint density at radius 1 is 1.21 bits per heavy atom. The van der Waals surface area contributed by atoms with E-state index in [0.717, 1.165) is 12.0 Å². The maximum absolute atomic E-state index is 11.8. The average molecular weight is 276 g/mol. The smallest absolute Gasteiger partial charge is 0.254 e. The van der Waals surface area contributed by atoms with Crippen molar-refractivity contribution in [3.8, 4) is 0 Å². The van der Waals surface area contributed by atoms with E-state index in [1.165, 1.54) is 12.4 Å². The zero-order valence-electron chi connectivity index (χ0n) is 10.6. The first-order valence-corrected chi connectivity index (χ1v) is 6.34. The van der Waals surface area contributed by atoms with Crippen LogP contribution < -0.4 is 5.32 Å². The molecule has 0 bridgehead atoms. The van der Waals surface area contributed by atoms with Gasteiger partial charge in [0.15, 0.2) is 0 Å². The fourth-order valence-corrected chi connectivity index (χ4v) is 1.71. The van der Waals surface area contributed by atoms with Crippen molar-refractivity contribution in [1.29, 1.82) is 0 Å². The summed E-state index contributed by atoms with van der Waals surface area (Å²) in [7, 11) is 0. The van der Waals surface area contributed by atoms with Crippen molar-refractivity contribution in [2.45, 2.75) is 13.3 Å². The summed E-state index contributed by atoms with van der Waals surface area (Å²) in [5.41, 5.74) is 1.60. The van der Waals surface area contributed by atoms with E-state index < -0.39 is 0 Å². The SMILES string of the molecule is Cc1ncc(C(=O)NCCc2ccc(Cl)cc2)cn1. The Bertz CT molecular complexity index is 552. The van der Waals surface area contributed by atoms with E-state index >= 15 is 0 Å². The van der Waals surface area contributed by atoms with Crippen LogP contribution in [0.2, 0.25) is 5.02 Å². The van der Waals surface area contributed by atoms with Crippen LogP contribution in [-0.4, -0.2) is 22.4 Å². The minimum atomic E-state index is -0.158. The lowest BCUT2D eigenvalue weighted by atomic mass is 10.1. The molecule has 0 radical (unpaired) electrons. The third-order valence-corrected chi connectivity index (χ3v) is 2.91. The Labute approximate surface area is 116 Å². The quantitative estimate of drug-likeness (QED) is 0.932. The molecule has 0 aliphatic carbocycles. The number of hydrogen-bond donors (Lipinski definition) is 1. The Kier molecular flexibility index (Phi) is 4.47. The molecule has 0 saturated heterocycles. The highest BCUT2D eigenvalue weighted by Gasteiger charge is 2.05. The molecule has 4 nitrogen and oxygen atoms in total. The van der Waals surface area contributed by atoms with Gasteiger partial charge in [-0.2, -0.15) is 0 Å². The standard InChI is InChI=1S/C14H14ClN3O/c1-10-17-8-12(9-18-10)14(19)16-7-6-11-2-4-13(15)5-3-11/h2-5,8-9H,6-7H2,1H3,(H,16,19). The third kappa shape index (κ3) is 4.03. The molecule has 1 amide bonds. The topological polar surface area (TPSA) is 54.9 Å². The van der Waals surface area contributed by atoms with E-state index in [2.05, 4.69) is 15.3 Å². The van der Waals surface area contributed by atoms with Gasteiger partial charge in [-0.3, -0.25) is 4.79 Å². The fraction of sp³-hybridized carbons (Fsp3) is 0.214. The number of carbonyl (C=O) groups is 1. The minimum absolute atomic E-state index is 0.158. The summed E-state index contributed by atoms with van der Waals surface area (Å²) >= 11 is 5.81. The number of amides is 1. The lowest BCUT2D eigenvalue weighted by Gasteiger charge is -2.05. The van der Waals surface area contributed by atoms with E-state index in [0.29, 0.717) is 23.0 Å². The van der Waals surface area contributed by atoms with Gasteiger partial charge in [0.25, 0.3) is 5.91 Å². The number of benzene rings is 1. The Hall–Kier alpha value is -1.94. The summed E-state index contributed by atoms with van der Waals surface area (Å²) in [6.45, 7) is 2.34. The molecule has 1 aromatic carbocycles. The third-order valence-electron chi connectivity index (χ3n) is 2.66. The zero-order valence-corrected chi connectivity index (χ0v) is 11.3. The Balaban J connectivity index is 1.84. The van der Waals surface area contributed by atoms with Crippen LogP contribution in [0, 0.1) is 6.92 Å². The number of aryl methyl sites for hydroxylation is 1. The van der Waals surface area contributed by atoms with Crippen molar-refractivity contribution in [1.82, 2.24) is 15.3 Å². The number of aromatic nitrogens is 2. The predicted molar refractivity (Wildman–Crippen MR) is 74.3 cm³/mol. The molecule has 0 fully saturated rings. The van der Waals surface area contributed by atoms with Crippen LogP contribution in [0.4, 0.5) is 0 Å². The van der Waals surface area contributed by atoms with Crippen molar-refractivity contribution >= 4 is 17.5 Å². The van der Waals surface area contributed by atoms with Gasteiger partial charge in [0, 0.05) is 24.0 Å². The Morgan fingerprint density at radius 3 is 2.47 bits per heavy atom. The summed E-state index contributed by atoms with van der Waals surface area (Å²) < 4.78 is 0. The predicted octanol–water partition coefficient (Wildman–Crippen LogP) is 2.41. The molecule has 5 heteroatoms. The molecule has 19 heavy (non-hydrogen) atoms. The van der Waals surface area contributed by atoms with Crippen molar-refractivity contribution in [2.75, 3.05) is 6.54 Å². The summed E-state index contributed by atoms with van der Waals surface area (Å²) in [6, 6.07) is 7.58. The lowest BCUT2D eigenvalue weighted by Crippen LogP contribution is -2.26. The highest BCUT2D eigenvalue weighted by molar-refractivity contribution is 6.30. The van der Waals surface area contributed by atoms with Crippen LogP contribution in [0.5, 0.6) is 0 Å². The van der Waals surface area contributed by atoms with Gasteiger partial charge in [0.2, 0.25) is 0 Å². The van der Waals surface area contributed by atoms with E-state index in [9.17, 15) is 4.79 Å². The molecular weight excluding hydrogens is 262 g/mol. The molecule has 98 valence electrons. The molecule has 2 rings (SSSR count). The maximum atomic E-state index is 11.8. The van der Waals surface area contributed by atoms with E-state index in [1.807, 2.05) is 24.3 Å². The van der Waals surface area contributed by atoms with Crippen LogP contribution >= 0.6 is 11.6 Å². The number of carbonyl (C=O) groups excluding carboxylic acids is 1. The summed E-state index contributed by atoms with van der Waals surface area (Å²) in [5, 5.41) is 3.54. The molecule has 1 N–H and O–H groups in total. The largest absolute Gasteiger partial charge is 0.352 e. The molecule has 0 saturated carbocycles. The Morgan fingerprint density at radius 2 is 1.84 bits per heavy atom. The number of halogens is 1. The van der Waals surface area contributed by atoms with Crippen molar-refractivity contribution in [2.24, 2.45) is 0 Å². The first kappa shape index (κ1) is 13.5.